The average molecular weight is 434 g/mol. The lowest BCUT2D eigenvalue weighted by Gasteiger charge is -2.18. The number of fused-ring (bicyclic) bond motifs is 1. The normalized spacial score (nSPS) is 11.8. The molecule has 0 atom stereocenters. The second kappa shape index (κ2) is 7.84. The molecule has 0 aliphatic carbocycles. The molecule has 1 N–H and O–H groups in total. The lowest BCUT2D eigenvalue weighted by molar-refractivity contribution is -0.116. The van der Waals surface area contributed by atoms with Crippen LogP contribution in [0.15, 0.2) is 56.9 Å². The summed E-state index contributed by atoms with van der Waals surface area (Å²) in [5, 5.41) is 2.49. The number of nitrogens with zero attached hydrogens (tertiary/aromatic N) is 3. The summed E-state index contributed by atoms with van der Waals surface area (Å²) in [5.41, 5.74) is -0.541. The van der Waals surface area contributed by atoms with E-state index in [1.807, 2.05) is 0 Å². The van der Waals surface area contributed by atoms with Crippen LogP contribution in [0.2, 0.25) is 0 Å². The minimum atomic E-state index is -4.07. The molecule has 0 spiro atoms. The van der Waals surface area contributed by atoms with Crippen molar-refractivity contribution in [2.75, 3.05) is 18.9 Å². The molecule has 3 rings (SSSR count). The quantitative estimate of drug-likeness (QED) is 0.593. The zero-order valence-electron chi connectivity index (χ0n) is 16.4. The highest BCUT2D eigenvalue weighted by Gasteiger charge is 2.24. The molecule has 1 heterocycles. The number of aromatic nitrogens is 2. The maximum Gasteiger partial charge on any atom is 0.316 e. The van der Waals surface area contributed by atoms with Crippen molar-refractivity contribution in [2.24, 2.45) is 14.1 Å². The molecule has 0 aliphatic heterocycles. The second-order valence-corrected chi connectivity index (χ2v) is 8.74. The molecule has 1 amide bonds. The third-order valence-electron chi connectivity index (χ3n) is 4.66. The fraction of sp³-hybridized carbons (Fsp3) is 0.211. The van der Waals surface area contributed by atoms with Gasteiger partial charge >= 0.3 is 11.1 Å². The fourth-order valence-electron chi connectivity index (χ4n) is 2.92. The number of carbonyl (C=O) groups is 1. The summed E-state index contributed by atoms with van der Waals surface area (Å²) in [5.74, 6) is -1.07. The number of likely N-dealkylation sites (N-methyl/N-ethyl adjacent to an activating group) is 1. The highest BCUT2D eigenvalue weighted by molar-refractivity contribution is 7.89. The molecule has 0 unspecified atom stereocenters. The van der Waals surface area contributed by atoms with Gasteiger partial charge in [-0.2, -0.15) is 4.31 Å². The highest BCUT2D eigenvalue weighted by atomic mass is 32.2. The van der Waals surface area contributed by atoms with E-state index in [9.17, 15) is 27.2 Å². The first-order chi connectivity index (χ1) is 14.0. The standard InChI is InChI=1S/C19H19FN4O5S/c1-22(11-17(25)21-13-6-4-12(20)5-7-13)30(28,29)14-8-9-15-16(10-14)24(3)19(27)18(26)23(15)2/h4-10H,11H2,1-3H3,(H,21,25). The van der Waals surface area contributed by atoms with Gasteiger partial charge in [0.05, 0.1) is 22.5 Å². The van der Waals surface area contributed by atoms with Gasteiger partial charge in [0, 0.05) is 26.8 Å². The van der Waals surface area contributed by atoms with E-state index < -0.39 is 39.4 Å². The average Bonchev–Trinajstić information content (AvgIpc) is 2.71. The van der Waals surface area contributed by atoms with E-state index in [1.165, 1.54) is 63.6 Å². The largest absolute Gasteiger partial charge is 0.325 e. The Bertz CT molecular complexity index is 1360. The Morgan fingerprint density at radius 1 is 1.00 bits per heavy atom. The minimum absolute atomic E-state index is 0.138. The van der Waals surface area contributed by atoms with Crippen LogP contribution in [-0.4, -0.2) is 41.4 Å². The Morgan fingerprint density at radius 3 is 2.17 bits per heavy atom. The summed E-state index contributed by atoms with van der Waals surface area (Å²) in [6.45, 7) is -0.482. The number of halogens is 1. The van der Waals surface area contributed by atoms with Gasteiger partial charge in [-0.1, -0.05) is 0 Å². The van der Waals surface area contributed by atoms with Gasteiger partial charge in [-0.3, -0.25) is 14.4 Å². The first kappa shape index (κ1) is 21.4. The number of aryl methyl sites for hydroxylation is 2. The maximum absolute atomic E-state index is 12.9. The van der Waals surface area contributed by atoms with Crippen LogP contribution in [0.25, 0.3) is 11.0 Å². The first-order valence-corrected chi connectivity index (χ1v) is 10.2. The Hall–Kier alpha value is -3.31. The van der Waals surface area contributed by atoms with E-state index in [1.54, 1.807) is 0 Å². The number of carbonyl (C=O) groups excluding carboxylic acids is 1. The second-order valence-electron chi connectivity index (χ2n) is 6.70. The molecule has 0 bridgehead atoms. The number of rotatable bonds is 5. The van der Waals surface area contributed by atoms with E-state index in [-0.39, 0.29) is 10.4 Å². The Balaban J connectivity index is 1.89. The van der Waals surface area contributed by atoms with E-state index in [0.29, 0.717) is 11.2 Å². The van der Waals surface area contributed by atoms with Gasteiger partial charge in [-0.05, 0) is 42.5 Å². The van der Waals surface area contributed by atoms with Gasteiger partial charge in [0.25, 0.3) is 0 Å². The molecule has 1 aromatic heterocycles. The lowest BCUT2D eigenvalue weighted by atomic mass is 10.3. The van der Waals surface area contributed by atoms with Crippen molar-refractivity contribution in [2.45, 2.75) is 4.90 Å². The molecule has 9 nitrogen and oxygen atoms in total. The number of sulfonamides is 1. The van der Waals surface area contributed by atoms with Crippen molar-refractivity contribution in [3.8, 4) is 0 Å². The molecular formula is C19H19FN4O5S. The molecule has 0 saturated carbocycles. The summed E-state index contributed by atoms with van der Waals surface area (Å²) >= 11 is 0. The Labute approximate surface area is 171 Å². The zero-order chi connectivity index (χ0) is 22.2. The number of amides is 1. The highest BCUT2D eigenvalue weighted by Crippen LogP contribution is 2.19. The van der Waals surface area contributed by atoms with Gasteiger partial charge in [0.1, 0.15) is 5.82 Å². The summed E-state index contributed by atoms with van der Waals surface area (Å²) in [7, 11) is -0.0277. The fourth-order valence-corrected chi connectivity index (χ4v) is 4.07. The van der Waals surface area contributed by atoms with Crippen molar-refractivity contribution in [3.05, 3.63) is 69.0 Å². The molecule has 11 heteroatoms. The number of hydrogen-bond acceptors (Lipinski definition) is 5. The van der Waals surface area contributed by atoms with Crippen LogP contribution in [0.3, 0.4) is 0 Å². The van der Waals surface area contributed by atoms with Crippen molar-refractivity contribution in [3.63, 3.8) is 0 Å². The van der Waals surface area contributed by atoms with Crippen LogP contribution in [-0.2, 0) is 28.9 Å². The molecule has 2 aromatic carbocycles. The summed E-state index contributed by atoms with van der Waals surface area (Å²) in [4.78, 5) is 36.0. The van der Waals surface area contributed by atoms with E-state index in [2.05, 4.69) is 5.32 Å². The summed E-state index contributed by atoms with van der Waals surface area (Å²) in [6, 6.07) is 9.06. The van der Waals surface area contributed by atoms with Crippen LogP contribution < -0.4 is 16.4 Å². The van der Waals surface area contributed by atoms with Gasteiger partial charge in [0.15, 0.2) is 0 Å². The minimum Gasteiger partial charge on any atom is -0.325 e. The van der Waals surface area contributed by atoms with Crippen molar-refractivity contribution in [1.29, 1.82) is 0 Å². The predicted molar refractivity (Wildman–Crippen MR) is 109 cm³/mol. The topological polar surface area (TPSA) is 110 Å². The number of benzene rings is 2. The third kappa shape index (κ3) is 3.89. The Kier molecular flexibility index (Phi) is 5.59. The van der Waals surface area contributed by atoms with Crippen molar-refractivity contribution >= 4 is 32.7 Å². The first-order valence-electron chi connectivity index (χ1n) is 8.74. The number of hydrogen-bond donors (Lipinski definition) is 1. The molecule has 158 valence electrons. The van der Waals surface area contributed by atoms with E-state index in [0.717, 1.165) is 13.4 Å². The van der Waals surface area contributed by atoms with E-state index >= 15 is 0 Å². The Morgan fingerprint density at radius 2 is 1.57 bits per heavy atom. The lowest BCUT2D eigenvalue weighted by Crippen LogP contribution is -2.39. The molecule has 0 radical (unpaired) electrons. The molecular weight excluding hydrogens is 415 g/mol. The number of anilines is 1. The van der Waals surface area contributed by atoms with Crippen LogP contribution in [0, 0.1) is 5.82 Å². The molecule has 0 aliphatic rings. The van der Waals surface area contributed by atoms with Gasteiger partial charge in [0.2, 0.25) is 15.9 Å². The molecule has 0 fully saturated rings. The van der Waals surface area contributed by atoms with Gasteiger partial charge < -0.3 is 14.5 Å². The number of nitrogens with one attached hydrogen (secondary N) is 1. The predicted octanol–water partition coefficient (Wildman–Crippen LogP) is 0.635. The van der Waals surface area contributed by atoms with Crippen molar-refractivity contribution < 1.29 is 17.6 Å². The van der Waals surface area contributed by atoms with Crippen LogP contribution in [0.4, 0.5) is 10.1 Å². The van der Waals surface area contributed by atoms with Crippen LogP contribution >= 0.6 is 0 Å². The zero-order valence-corrected chi connectivity index (χ0v) is 17.2. The van der Waals surface area contributed by atoms with Crippen LogP contribution in [0.5, 0.6) is 0 Å². The summed E-state index contributed by atoms with van der Waals surface area (Å²) in [6.07, 6.45) is 0. The molecule has 3 aromatic rings. The monoisotopic (exact) mass is 434 g/mol. The van der Waals surface area contributed by atoms with Crippen LogP contribution in [0.1, 0.15) is 0 Å². The van der Waals surface area contributed by atoms with Crippen molar-refractivity contribution in [1.82, 2.24) is 13.4 Å². The van der Waals surface area contributed by atoms with Gasteiger partial charge in [-0.25, -0.2) is 12.8 Å². The van der Waals surface area contributed by atoms with E-state index in [4.69, 9.17) is 0 Å². The SMILES string of the molecule is CN(CC(=O)Nc1ccc(F)cc1)S(=O)(=O)c1ccc2c(c1)n(C)c(=O)c(=O)n2C. The maximum atomic E-state index is 12.9. The third-order valence-corrected chi connectivity index (χ3v) is 6.46. The smallest absolute Gasteiger partial charge is 0.316 e. The van der Waals surface area contributed by atoms with Gasteiger partial charge in [-0.15, -0.1) is 0 Å². The molecule has 0 saturated heterocycles. The molecule has 30 heavy (non-hydrogen) atoms. The summed E-state index contributed by atoms with van der Waals surface area (Å²) < 4.78 is 41.8.